The van der Waals surface area contributed by atoms with E-state index in [0.29, 0.717) is 25.6 Å². The van der Waals surface area contributed by atoms with Crippen molar-refractivity contribution in [1.82, 2.24) is 9.62 Å². The number of carboxylic acids is 1. The topological polar surface area (TPSA) is 86.7 Å². The summed E-state index contributed by atoms with van der Waals surface area (Å²) in [6.07, 6.45) is 6.32. The number of carbonyl (C=O) groups is 1. The molecule has 6 nitrogen and oxygen atoms in total. The highest BCUT2D eigenvalue weighted by atomic mass is 32.2. The second-order valence-corrected chi connectivity index (χ2v) is 7.98. The summed E-state index contributed by atoms with van der Waals surface area (Å²) in [5.41, 5.74) is 0. The minimum atomic E-state index is -3.07. The lowest BCUT2D eigenvalue weighted by Crippen LogP contribution is -2.48. The van der Waals surface area contributed by atoms with Crippen molar-refractivity contribution in [1.29, 1.82) is 0 Å². The van der Waals surface area contributed by atoms with Crippen LogP contribution in [0.1, 0.15) is 38.5 Å². The lowest BCUT2D eigenvalue weighted by molar-refractivity contribution is -0.143. The fraction of sp³-hybridized carbons (Fsp3) is 0.923. The molecule has 0 spiro atoms. The third kappa shape index (κ3) is 4.17. The van der Waals surface area contributed by atoms with Gasteiger partial charge in [-0.3, -0.25) is 4.79 Å². The van der Waals surface area contributed by atoms with E-state index in [2.05, 4.69) is 5.32 Å². The van der Waals surface area contributed by atoms with Crippen LogP contribution in [0.5, 0.6) is 0 Å². The van der Waals surface area contributed by atoms with Gasteiger partial charge in [-0.25, -0.2) is 12.7 Å². The molecule has 2 unspecified atom stereocenters. The number of sulfonamides is 1. The molecule has 1 heterocycles. The van der Waals surface area contributed by atoms with Crippen molar-refractivity contribution in [3.05, 3.63) is 0 Å². The predicted molar refractivity (Wildman–Crippen MR) is 76.0 cm³/mol. The largest absolute Gasteiger partial charge is 0.481 e. The van der Waals surface area contributed by atoms with E-state index < -0.39 is 16.0 Å². The fourth-order valence-corrected chi connectivity index (χ4v) is 4.13. The van der Waals surface area contributed by atoms with Crippen LogP contribution < -0.4 is 5.32 Å². The highest BCUT2D eigenvalue weighted by Crippen LogP contribution is 2.26. The molecule has 0 amide bonds. The fourth-order valence-electron chi connectivity index (χ4n) is 3.25. The maximum absolute atomic E-state index is 11.4. The van der Waals surface area contributed by atoms with Crippen LogP contribution in [0.15, 0.2) is 0 Å². The van der Waals surface area contributed by atoms with Gasteiger partial charge in [-0.15, -0.1) is 0 Å². The summed E-state index contributed by atoms with van der Waals surface area (Å²) < 4.78 is 24.4. The van der Waals surface area contributed by atoms with Gasteiger partial charge < -0.3 is 10.4 Å². The molecule has 0 aromatic rings. The van der Waals surface area contributed by atoms with Gasteiger partial charge in [-0.05, 0) is 32.1 Å². The molecule has 2 fully saturated rings. The lowest BCUT2D eigenvalue weighted by atomic mass is 9.85. The molecular formula is C13H24N2O4S. The van der Waals surface area contributed by atoms with E-state index in [1.807, 2.05) is 0 Å². The molecule has 0 aromatic heterocycles. The number of hydrogen-bond acceptors (Lipinski definition) is 4. The number of hydrogen-bond donors (Lipinski definition) is 2. The van der Waals surface area contributed by atoms with Crippen molar-refractivity contribution < 1.29 is 18.3 Å². The summed E-state index contributed by atoms with van der Waals surface area (Å²) in [5, 5.41) is 12.6. The molecule has 0 radical (unpaired) electrons. The van der Waals surface area contributed by atoms with E-state index in [0.717, 1.165) is 32.1 Å². The quantitative estimate of drug-likeness (QED) is 0.796. The summed E-state index contributed by atoms with van der Waals surface area (Å²) in [5.74, 6) is -0.916. The first-order valence-corrected chi connectivity index (χ1v) is 9.15. The van der Waals surface area contributed by atoms with Crippen LogP contribution in [0.2, 0.25) is 0 Å². The van der Waals surface area contributed by atoms with E-state index >= 15 is 0 Å². The van der Waals surface area contributed by atoms with E-state index in [1.54, 1.807) is 0 Å². The van der Waals surface area contributed by atoms with Crippen molar-refractivity contribution in [3.8, 4) is 0 Å². The molecule has 1 saturated carbocycles. The average Bonchev–Trinajstić information content (AvgIpc) is 2.38. The van der Waals surface area contributed by atoms with Crippen molar-refractivity contribution in [2.24, 2.45) is 5.92 Å². The Bertz CT molecular complexity index is 443. The zero-order chi connectivity index (χ0) is 14.8. The van der Waals surface area contributed by atoms with Gasteiger partial charge >= 0.3 is 5.97 Å². The third-order valence-corrected chi connectivity index (χ3v) is 5.72. The number of piperidine rings is 1. The standard InChI is InChI=1S/C13H24N2O4S/c1-20(18,19)15-7-5-11(6-8-15)14-12-4-2-3-10(9-12)13(16)17/h10-12,14H,2-9H2,1H3,(H,16,17). The molecule has 2 atom stereocenters. The summed E-state index contributed by atoms with van der Waals surface area (Å²) in [6, 6.07) is 0.574. The summed E-state index contributed by atoms with van der Waals surface area (Å²) in [7, 11) is -3.07. The average molecular weight is 304 g/mol. The Balaban J connectivity index is 1.79. The second kappa shape index (κ2) is 6.41. The van der Waals surface area contributed by atoms with Crippen molar-refractivity contribution in [2.75, 3.05) is 19.3 Å². The van der Waals surface area contributed by atoms with Gasteiger partial charge in [-0.2, -0.15) is 0 Å². The highest BCUT2D eigenvalue weighted by molar-refractivity contribution is 7.88. The second-order valence-electron chi connectivity index (χ2n) is 6.00. The maximum atomic E-state index is 11.4. The zero-order valence-electron chi connectivity index (χ0n) is 11.9. The SMILES string of the molecule is CS(=O)(=O)N1CCC(NC2CCCC(C(=O)O)C2)CC1. The Kier molecular flexibility index (Phi) is 5.04. The molecular weight excluding hydrogens is 280 g/mol. The van der Waals surface area contributed by atoms with Gasteiger partial charge in [0.1, 0.15) is 0 Å². The van der Waals surface area contributed by atoms with Gasteiger partial charge in [0.25, 0.3) is 0 Å². The molecule has 2 aliphatic rings. The molecule has 0 bridgehead atoms. The van der Waals surface area contributed by atoms with Gasteiger partial charge in [0.2, 0.25) is 10.0 Å². The molecule has 1 aliphatic carbocycles. The van der Waals surface area contributed by atoms with Crippen LogP contribution in [0.3, 0.4) is 0 Å². The van der Waals surface area contributed by atoms with Gasteiger partial charge in [-0.1, -0.05) is 6.42 Å². The Morgan fingerprint density at radius 2 is 1.80 bits per heavy atom. The molecule has 2 rings (SSSR count). The summed E-state index contributed by atoms with van der Waals surface area (Å²) in [6.45, 7) is 1.12. The highest BCUT2D eigenvalue weighted by Gasteiger charge is 2.30. The van der Waals surface area contributed by atoms with Crippen molar-refractivity contribution >= 4 is 16.0 Å². The van der Waals surface area contributed by atoms with Crippen molar-refractivity contribution in [3.63, 3.8) is 0 Å². The van der Waals surface area contributed by atoms with Crippen molar-refractivity contribution in [2.45, 2.75) is 50.6 Å². The van der Waals surface area contributed by atoms with Crippen LogP contribution in [-0.4, -0.2) is 55.2 Å². The Hall–Kier alpha value is -0.660. The first-order valence-electron chi connectivity index (χ1n) is 7.30. The minimum Gasteiger partial charge on any atom is -0.481 e. The lowest BCUT2D eigenvalue weighted by Gasteiger charge is -2.35. The number of carboxylic acid groups (broad SMARTS) is 1. The molecule has 1 aliphatic heterocycles. The van der Waals surface area contributed by atoms with E-state index in [1.165, 1.54) is 10.6 Å². The monoisotopic (exact) mass is 304 g/mol. The summed E-state index contributed by atoms with van der Waals surface area (Å²) >= 11 is 0. The minimum absolute atomic E-state index is 0.225. The maximum Gasteiger partial charge on any atom is 0.306 e. The number of nitrogens with zero attached hydrogens (tertiary/aromatic N) is 1. The van der Waals surface area contributed by atoms with Crippen LogP contribution in [0.4, 0.5) is 0 Å². The molecule has 7 heteroatoms. The first kappa shape index (κ1) is 15.7. The number of aliphatic carboxylic acids is 1. The smallest absolute Gasteiger partial charge is 0.306 e. The molecule has 1 saturated heterocycles. The Labute approximate surface area is 120 Å². The molecule has 2 N–H and O–H groups in total. The van der Waals surface area contributed by atoms with Crippen LogP contribution in [-0.2, 0) is 14.8 Å². The summed E-state index contributed by atoms with van der Waals surface area (Å²) in [4.78, 5) is 11.0. The first-order chi connectivity index (χ1) is 9.36. The third-order valence-electron chi connectivity index (χ3n) is 4.42. The van der Waals surface area contributed by atoms with Gasteiger partial charge in [0.05, 0.1) is 12.2 Å². The number of rotatable bonds is 4. The van der Waals surface area contributed by atoms with Gasteiger partial charge in [0.15, 0.2) is 0 Å². The molecule has 20 heavy (non-hydrogen) atoms. The van der Waals surface area contributed by atoms with E-state index in [4.69, 9.17) is 5.11 Å². The number of nitrogens with one attached hydrogen (secondary N) is 1. The molecule has 0 aromatic carbocycles. The molecule has 116 valence electrons. The zero-order valence-corrected chi connectivity index (χ0v) is 12.7. The Morgan fingerprint density at radius 1 is 1.15 bits per heavy atom. The van der Waals surface area contributed by atoms with Gasteiger partial charge in [0, 0.05) is 25.2 Å². The Morgan fingerprint density at radius 3 is 2.35 bits per heavy atom. The predicted octanol–water partition coefficient (Wildman–Crippen LogP) is 0.643. The van der Waals surface area contributed by atoms with E-state index in [-0.39, 0.29) is 12.0 Å². The normalized spacial score (nSPS) is 30.2. The van der Waals surface area contributed by atoms with Crippen LogP contribution in [0, 0.1) is 5.92 Å². The van der Waals surface area contributed by atoms with E-state index in [9.17, 15) is 13.2 Å². The van der Waals surface area contributed by atoms with Crippen LogP contribution in [0.25, 0.3) is 0 Å². The van der Waals surface area contributed by atoms with Crippen LogP contribution >= 0.6 is 0 Å².